The van der Waals surface area contributed by atoms with Crippen molar-refractivity contribution in [2.75, 3.05) is 5.43 Å². The number of aryl methyl sites for hydroxylation is 2. The predicted molar refractivity (Wildman–Crippen MR) is 102 cm³/mol. The van der Waals surface area contributed by atoms with Gasteiger partial charge in [0.15, 0.2) is 5.82 Å². The Bertz CT molecular complexity index is 1080. The highest BCUT2D eigenvalue weighted by molar-refractivity contribution is 7.19. The Labute approximate surface area is 159 Å². The number of aromatic nitrogens is 2. The fourth-order valence-electron chi connectivity index (χ4n) is 3.83. The SMILES string of the molecule is C[C@]1(c2ccccc2)NC(=O)N(Nc2ncnc3sc4c(c23)CCC4)C1=O. The van der Waals surface area contributed by atoms with Crippen LogP contribution in [0.1, 0.15) is 29.3 Å². The van der Waals surface area contributed by atoms with Crippen LogP contribution in [-0.4, -0.2) is 26.9 Å². The summed E-state index contributed by atoms with van der Waals surface area (Å²) in [7, 11) is 0. The Kier molecular flexibility index (Phi) is 3.45. The molecule has 2 aromatic heterocycles. The number of amides is 3. The monoisotopic (exact) mass is 379 g/mol. The van der Waals surface area contributed by atoms with Gasteiger partial charge in [-0.25, -0.2) is 14.8 Å². The van der Waals surface area contributed by atoms with Gasteiger partial charge in [0, 0.05) is 4.88 Å². The van der Waals surface area contributed by atoms with E-state index < -0.39 is 11.6 Å². The fourth-order valence-corrected chi connectivity index (χ4v) is 5.06. The lowest BCUT2D eigenvalue weighted by molar-refractivity contribution is -0.130. The Morgan fingerprint density at radius 1 is 1.19 bits per heavy atom. The van der Waals surface area contributed by atoms with Crippen molar-refractivity contribution in [2.45, 2.75) is 31.7 Å². The van der Waals surface area contributed by atoms with E-state index in [0.29, 0.717) is 5.82 Å². The number of nitrogens with zero attached hydrogens (tertiary/aromatic N) is 3. The maximum Gasteiger partial charge on any atom is 0.344 e. The average Bonchev–Trinajstić information content (AvgIpc) is 3.32. The van der Waals surface area contributed by atoms with Crippen LogP contribution in [0.15, 0.2) is 36.7 Å². The molecule has 0 saturated carbocycles. The highest BCUT2D eigenvalue weighted by atomic mass is 32.1. The first kappa shape index (κ1) is 16.2. The van der Waals surface area contributed by atoms with Crippen molar-refractivity contribution in [3.05, 3.63) is 52.7 Å². The van der Waals surface area contributed by atoms with Gasteiger partial charge < -0.3 is 5.32 Å². The van der Waals surface area contributed by atoms with Gasteiger partial charge in [-0.1, -0.05) is 30.3 Å². The van der Waals surface area contributed by atoms with Gasteiger partial charge in [-0.3, -0.25) is 10.2 Å². The summed E-state index contributed by atoms with van der Waals surface area (Å²) in [5.74, 6) is 0.137. The molecule has 1 saturated heterocycles. The summed E-state index contributed by atoms with van der Waals surface area (Å²) >= 11 is 1.66. The lowest BCUT2D eigenvalue weighted by Crippen LogP contribution is -2.41. The maximum absolute atomic E-state index is 13.1. The summed E-state index contributed by atoms with van der Waals surface area (Å²) in [6.07, 6.45) is 4.59. The molecule has 1 fully saturated rings. The molecule has 3 heterocycles. The van der Waals surface area contributed by atoms with Gasteiger partial charge in [0.1, 0.15) is 16.7 Å². The first-order chi connectivity index (χ1) is 13.1. The number of hydrazine groups is 1. The molecule has 136 valence electrons. The third kappa shape index (κ3) is 2.33. The number of rotatable bonds is 3. The Morgan fingerprint density at radius 3 is 2.81 bits per heavy atom. The molecule has 2 N–H and O–H groups in total. The highest BCUT2D eigenvalue weighted by Crippen LogP contribution is 2.39. The van der Waals surface area contributed by atoms with E-state index in [4.69, 9.17) is 0 Å². The summed E-state index contributed by atoms with van der Waals surface area (Å²) in [4.78, 5) is 36.5. The van der Waals surface area contributed by atoms with E-state index in [1.165, 1.54) is 16.8 Å². The molecule has 8 heteroatoms. The largest absolute Gasteiger partial charge is 0.344 e. The van der Waals surface area contributed by atoms with Crippen molar-refractivity contribution in [1.82, 2.24) is 20.3 Å². The zero-order valence-corrected chi connectivity index (χ0v) is 15.5. The number of urea groups is 1. The minimum Gasteiger partial charge on any atom is -0.318 e. The van der Waals surface area contributed by atoms with E-state index in [2.05, 4.69) is 20.7 Å². The fraction of sp³-hybridized carbons (Fsp3) is 0.263. The smallest absolute Gasteiger partial charge is 0.318 e. The molecular weight excluding hydrogens is 362 g/mol. The van der Waals surface area contributed by atoms with Crippen LogP contribution in [0.2, 0.25) is 0 Å². The number of fused-ring (bicyclic) bond motifs is 3. The molecule has 1 aromatic carbocycles. The molecule has 1 aliphatic heterocycles. The molecule has 3 amide bonds. The van der Waals surface area contributed by atoms with Gasteiger partial charge in [0.05, 0.1) is 5.39 Å². The zero-order chi connectivity index (χ0) is 18.6. The second kappa shape index (κ2) is 5.75. The van der Waals surface area contributed by atoms with E-state index in [9.17, 15) is 9.59 Å². The van der Waals surface area contributed by atoms with Gasteiger partial charge >= 0.3 is 6.03 Å². The van der Waals surface area contributed by atoms with Crippen LogP contribution < -0.4 is 10.7 Å². The molecule has 3 aromatic rings. The summed E-state index contributed by atoms with van der Waals surface area (Å²) in [5, 5.41) is 4.74. The van der Waals surface area contributed by atoms with Crippen molar-refractivity contribution in [3.63, 3.8) is 0 Å². The quantitative estimate of drug-likeness (QED) is 0.683. The van der Waals surface area contributed by atoms with Gasteiger partial charge in [-0.2, -0.15) is 5.01 Å². The molecular formula is C19H17N5O2S. The number of nitrogens with one attached hydrogen (secondary N) is 2. The number of thiophene rings is 1. The summed E-state index contributed by atoms with van der Waals surface area (Å²) in [5.41, 5.74) is 3.80. The van der Waals surface area contributed by atoms with Crippen molar-refractivity contribution >= 4 is 39.3 Å². The van der Waals surface area contributed by atoms with E-state index >= 15 is 0 Å². The van der Waals surface area contributed by atoms with Gasteiger partial charge in [0.2, 0.25) is 0 Å². The molecule has 0 spiro atoms. The number of hydrogen-bond donors (Lipinski definition) is 2. The van der Waals surface area contributed by atoms with Crippen LogP contribution in [0.25, 0.3) is 10.2 Å². The minimum absolute atomic E-state index is 0.364. The second-order valence-corrected chi connectivity index (χ2v) is 8.02. The molecule has 1 aliphatic carbocycles. The number of benzene rings is 1. The third-order valence-corrected chi connectivity index (χ3v) is 6.46. The van der Waals surface area contributed by atoms with Crippen LogP contribution in [-0.2, 0) is 23.2 Å². The first-order valence-electron chi connectivity index (χ1n) is 8.82. The van der Waals surface area contributed by atoms with Crippen molar-refractivity contribution in [1.29, 1.82) is 0 Å². The molecule has 0 radical (unpaired) electrons. The minimum atomic E-state index is -1.12. The topological polar surface area (TPSA) is 87.2 Å². The normalized spacial score (nSPS) is 21.6. The number of imide groups is 1. The first-order valence-corrected chi connectivity index (χ1v) is 9.64. The van der Waals surface area contributed by atoms with Crippen molar-refractivity contribution in [3.8, 4) is 0 Å². The highest BCUT2D eigenvalue weighted by Gasteiger charge is 2.49. The van der Waals surface area contributed by atoms with Crippen molar-refractivity contribution < 1.29 is 9.59 Å². The van der Waals surface area contributed by atoms with E-state index in [-0.39, 0.29) is 5.91 Å². The summed E-state index contributed by atoms with van der Waals surface area (Å²) in [6, 6.07) is 8.73. The lowest BCUT2D eigenvalue weighted by Gasteiger charge is -2.22. The van der Waals surface area contributed by atoms with Crippen LogP contribution in [0, 0.1) is 0 Å². The Balaban J connectivity index is 1.53. The van der Waals surface area contributed by atoms with Gasteiger partial charge in [-0.15, -0.1) is 11.3 Å². The van der Waals surface area contributed by atoms with Crippen LogP contribution in [0.3, 0.4) is 0 Å². The number of carbonyl (C=O) groups is 2. The standard InChI is InChI=1S/C19H17N5O2S/c1-19(11-6-3-2-4-7-11)17(25)24(18(26)22-19)23-15-14-12-8-5-9-13(12)27-16(14)21-10-20-15/h2-4,6-7,10H,5,8-9H2,1H3,(H,22,26)(H,20,21,23)/t19-/m1/s1. The number of hydrogen-bond acceptors (Lipinski definition) is 6. The third-order valence-electron chi connectivity index (χ3n) is 5.26. The predicted octanol–water partition coefficient (Wildman–Crippen LogP) is 2.97. The van der Waals surface area contributed by atoms with E-state index in [0.717, 1.165) is 40.1 Å². The Morgan fingerprint density at radius 2 is 2.00 bits per heavy atom. The Hall–Kier alpha value is -3.00. The van der Waals surface area contributed by atoms with Crippen LogP contribution in [0.4, 0.5) is 10.6 Å². The molecule has 7 nitrogen and oxygen atoms in total. The summed E-state index contributed by atoms with van der Waals surface area (Å²) in [6.45, 7) is 1.71. The molecule has 2 aliphatic rings. The summed E-state index contributed by atoms with van der Waals surface area (Å²) < 4.78 is 0. The van der Waals surface area contributed by atoms with E-state index in [1.807, 2.05) is 30.3 Å². The lowest BCUT2D eigenvalue weighted by atomic mass is 9.92. The number of anilines is 1. The molecule has 0 bridgehead atoms. The molecule has 5 rings (SSSR count). The molecule has 1 atom stereocenters. The number of carbonyl (C=O) groups excluding carboxylic acids is 2. The van der Waals surface area contributed by atoms with Crippen LogP contribution >= 0.6 is 11.3 Å². The van der Waals surface area contributed by atoms with Gasteiger partial charge in [-0.05, 0) is 37.3 Å². The van der Waals surface area contributed by atoms with Gasteiger partial charge in [0.25, 0.3) is 5.91 Å². The maximum atomic E-state index is 13.1. The zero-order valence-electron chi connectivity index (χ0n) is 14.7. The molecule has 0 unspecified atom stereocenters. The molecule has 27 heavy (non-hydrogen) atoms. The van der Waals surface area contributed by atoms with Crippen molar-refractivity contribution in [2.24, 2.45) is 0 Å². The second-order valence-electron chi connectivity index (χ2n) is 6.93. The average molecular weight is 379 g/mol. The van der Waals surface area contributed by atoms with Crippen LogP contribution in [0.5, 0.6) is 0 Å². The van der Waals surface area contributed by atoms with E-state index in [1.54, 1.807) is 18.3 Å².